The maximum Gasteiger partial charge on any atom is 0.339 e. The Bertz CT molecular complexity index is 737. The van der Waals surface area contributed by atoms with E-state index in [0.29, 0.717) is 18.0 Å². The summed E-state index contributed by atoms with van der Waals surface area (Å²) < 4.78 is 7.34. The van der Waals surface area contributed by atoms with Crippen molar-refractivity contribution in [3.05, 3.63) is 42.1 Å². The third-order valence-electron chi connectivity index (χ3n) is 3.10. The molecule has 102 valence electrons. The van der Waals surface area contributed by atoms with Crippen molar-refractivity contribution in [2.75, 3.05) is 0 Å². The number of fused-ring (bicyclic) bond motifs is 1. The third kappa shape index (κ3) is 2.07. The molecule has 0 amide bonds. The summed E-state index contributed by atoms with van der Waals surface area (Å²) in [6.07, 6.45) is 2.44. The van der Waals surface area contributed by atoms with Crippen LogP contribution >= 0.6 is 0 Å². The summed E-state index contributed by atoms with van der Waals surface area (Å²) in [5.41, 5.74) is 1.27. The maximum absolute atomic E-state index is 11.3. The van der Waals surface area contributed by atoms with Gasteiger partial charge < -0.3 is 9.52 Å². The number of rotatable bonds is 4. The highest BCUT2D eigenvalue weighted by molar-refractivity contribution is 5.95. The molecule has 3 aromatic rings. The van der Waals surface area contributed by atoms with Crippen LogP contribution in [0.3, 0.4) is 0 Å². The van der Waals surface area contributed by atoms with E-state index in [-0.39, 0.29) is 5.56 Å². The number of carboxylic acids is 1. The van der Waals surface area contributed by atoms with E-state index < -0.39 is 5.97 Å². The van der Waals surface area contributed by atoms with E-state index in [4.69, 9.17) is 4.42 Å². The van der Waals surface area contributed by atoms with Gasteiger partial charge in [-0.1, -0.05) is 25.1 Å². The molecule has 3 rings (SSSR count). The Hall–Kier alpha value is -2.56. The fourth-order valence-electron chi connectivity index (χ4n) is 2.20. The van der Waals surface area contributed by atoms with E-state index in [1.54, 1.807) is 10.9 Å². The molecule has 1 N–H and O–H groups in total. The number of nitrogens with zero attached hydrogens (tertiary/aromatic N) is 2. The zero-order valence-electron chi connectivity index (χ0n) is 11.0. The molecule has 0 aliphatic carbocycles. The van der Waals surface area contributed by atoms with E-state index in [0.717, 1.165) is 17.4 Å². The molecule has 0 bridgehead atoms. The summed E-state index contributed by atoms with van der Waals surface area (Å²) in [4.78, 5) is 11.3. The summed E-state index contributed by atoms with van der Waals surface area (Å²) in [5, 5.41) is 14.6. The Labute approximate surface area is 115 Å². The number of furan rings is 1. The number of aryl methyl sites for hydroxylation is 1. The van der Waals surface area contributed by atoms with E-state index in [1.807, 2.05) is 37.3 Å². The van der Waals surface area contributed by atoms with Crippen molar-refractivity contribution < 1.29 is 14.3 Å². The average Bonchev–Trinajstić information content (AvgIpc) is 3.01. The highest BCUT2D eigenvalue weighted by Crippen LogP contribution is 2.29. The van der Waals surface area contributed by atoms with E-state index in [9.17, 15) is 9.90 Å². The van der Waals surface area contributed by atoms with Gasteiger partial charge >= 0.3 is 5.97 Å². The third-order valence-corrected chi connectivity index (χ3v) is 3.10. The summed E-state index contributed by atoms with van der Waals surface area (Å²) >= 11 is 0. The fourth-order valence-corrected chi connectivity index (χ4v) is 2.20. The molecule has 1 aromatic carbocycles. The zero-order valence-corrected chi connectivity index (χ0v) is 11.0. The molecule has 0 spiro atoms. The lowest BCUT2D eigenvalue weighted by Gasteiger charge is -1.95. The van der Waals surface area contributed by atoms with Gasteiger partial charge in [0.05, 0.1) is 0 Å². The van der Waals surface area contributed by atoms with E-state index in [2.05, 4.69) is 5.10 Å². The second-order valence-corrected chi connectivity index (χ2v) is 4.61. The molecule has 0 saturated heterocycles. The molecule has 0 saturated carbocycles. The summed E-state index contributed by atoms with van der Waals surface area (Å²) in [6, 6.07) is 9.38. The van der Waals surface area contributed by atoms with Gasteiger partial charge in [0.1, 0.15) is 16.8 Å². The first-order valence-corrected chi connectivity index (χ1v) is 6.48. The molecule has 5 heteroatoms. The normalized spacial score (nSPS) is 11.1. The molecule has 20 heavy (non-hydrogen) atoms. The number of carboxylic acid groups (broad SMARTS) is 1. The largest absolute Gasteiger partial charge is 0.478 e. The zero-order chi connectivity index (χ0) is 14.1. The van der Waals surface area contributed by atoms with Crippen LogP contribution in [0.25, 0.3) is 22.4 Å². The standard InChI is InChI=1S/C15H14N2O3/c1-2-7-17-9-11(15(18)19)14(16-17)13-8-10-5-3-4-6-12(10)20-13/h3-6,8-9H,2,7H2,1H3,(H,18,19). The van der Waals surface area contributed by atoms with Crippen LogP contribution < -0.4 is 0 Å². The van der Waals surface area contributed by atoms with Crippen LogP contribution in [-0.2, 0) is 6.54 Å². The van der Waals surface area contributed by atoms with Gasteiger partial charge in [-0.2, -0.15) is 5.10 Å². The predicted molar refractivity (Wildman–Crippen MR) is 74.7 cm³/mol. The number of hydrogen-bond donors (Lipinski definition) is 1. The summed E-state index contributed by atoms with van der Waals surface area (Å²) in [6.45, 7) is 2.70. The summed E-state index contributed by atoms with van der Waals surface area (Å²) in [7, 11) is 0. The minimum absolute atomic E-state index is 0.164. The molecule has 0 atom stereocenters. The fraction of sp³-hybridized carbons (Fsp3) is 0.200. The van der Waals surface area contributed by atoms with Gasteiger partial charge in [0.25, 0.3) is 0 Å². The van der Waals surface area contributed by atoms with Crippen LogP contribution in [0.5, 0.6) is 0 Å². The van der Waals surface area contributed by atoms with Gasteiger partial charge in [-0.25, -0.2) is 4.79 Å². The molecule has 0 aliphatic rings. The smallest absolute Gasteiger partial charge is 0.339 e. The first-order chi connectivity index (χ1) is 9.69. The van der Waals surface area contributed by atoms with Gasteiger partial charge in [0.2, 0.25) is 0 Å². The minimum atomic E-state index is -0.997. The molecule has 0 unspecified atom stereocenters. The van der Waals surface area contributed by atoms with Crippen molar-refractivity contribution in [3.8, 4) is 11.5 Å². The first kappa shape index (κ1) is 12.5. The number of aromatic nitrogens is 2. The lowest BCUT2D eigenvalue weighted by Crippen LogP contribution is -1.97. The summed E-state index contributed by atoms with van der Waals surface area (Å²) in [5.74, 6) is -0.513. The molecule has 0 radical (unpaired) electrons. The lowest BCUT2D eigenvalue weighted by atomic mass is 10.2. The Morgan fingerprint density at radius 1 is 1.40 bits per heavy atom. The van der Waals surface area contributed by atoms with Gasteiger partial charge in [-0.15, -0.1) is 0 Å². The molecular weight excluding hydrogens is 256 g/mol. The Morgan fingerprint density at radius 3 is 2.90 bits per heavy atom. The molecule has 2 heterocycles. The topological polar surface area (TPSA) is 68.3 Å². The van der Waals surface area contributed by atoms with Crippen LogP contribution in [0.15, 0.2) is 40.9 Å². The molecule has 2 aromatic heterocycles. The van der Waals surface area contributed by atoms with Crippen molar-refractivity contribution in [1.29, 1.82) is 0 Å². The Morgan fingerprint density at radius 2 is 2.20 bits per heavy atom. The number of hydrogen-bond acceptors (Lipinski definition) is 3. The number of aromatic carboxylic acids is 1. The number of benzene rings is 1. The highest BCUT2D eigenvalue weighted by atomic mass is 16.4. The van der Waals surface area contributed by atoms with Gasteiger partial charge in [0.15, 0.2) is 5.76 Å². The lowest BCUT2D eigenvalue weighted by molar-refractivity contribution is 0.0697. The van der Waals surface area contributed by atoms with Crippen LogP contribution in [0.4, 0.5) is 0 Å². The van der Waals surface area contributed by atoms with E-state index >= 15 is 0 Å². The average molecular weight is 270 g/mol. The van der Waals surface area contributed by atoms with Crippen LogP contribution in [0.1, 0.15) is 23.7 Å². The van der Waals surface area contributed by atoms with Crippen molar-refractivity contribution in [3.63, 3.8) is 0 Å². The van der Waals surface area contributed by atoms with Crippen LogP contribution in [0, 0.1) is 0 Å². The van der Waals surface area contributed by atoms with E-state index in [1.165, 1.54) is 0 Å². The molecular formula is C15H14N2O3. The van der Waals surface area contributed by atoms with Gasteiger partial charge in [0, 0.05) is 18.1 Å². The van der Waals surface area contributed by atoms with Gasteiger partial charge in [-0.05, 0) is 18.6 Å². The predicted octanol–water partition coefficient (Wildman–Crippen LogP) is 3.40. The van der Waals surface area contributed by atoms with Crippen molar-refractivity contribution in [2.45, 2.75) is 19.9 Å². The molecule has 5 nitrogen and oxygen atoms in total. The highest BCUT2D eigenvalue weighted by Gasteiger charge is 2.20. The monoisotopic (exact) mass is 270 g/mol. The number of carbonyl (C=O) groups is 1. The van der Waals surface area contributed by atoms with Crippen LogP contribution in [0.2, 0.25) is 0 Å². The van der Waals surface area contributed by atoms with Gasteiger partial charge in [-0.3, -0.25) is 4.68 Å². The molecule has 0 aliphatic heterocycles. The number of para-hydroxylation sites is 1. The maximum atomic E-state index is 11.3. The van der Waals surface area contributed by atoms with Crippen LogP contribution in [-0.4, -0.2) is 20.9 Å². The molecule has 0 fully saturated rings. The second-order valence-electron chi connectivity index (χ2n) is 4.61. The second kappa shape index (κ2) is 4.85. The van der Waals surface area contributed by atoms with Crippen molar-refractivity contribution in [1.82, 2.24) is 9.78 Å². The minimum Gasteiger partial charge on any atom is -0.478 e. The SMILES string of the molecule is CCCn1cc(C(=O)O)c(-c2cc3ccccc3o2)n1. The van der Waals surface area contributed by atoms with Crippen molar-refractivity contribution in [2.24, 2.45) is 0 Å². The van der Waals surface area contributed by atoms with Crippen molar-refractivity contribution >= 4 is 16.9 Å². The first-order valence-electron chi connectivity index (χ1n) is 6.48. The Kier molecular flexibility index (Phi) is 3.02. The quantitative estimate of drug-likeness (QED) is 0.788. The Balaban J connectivity index is 2.14.